The first-order valence-corrected chi connectivity index (χ1v) is 9.23. The average molecular weight is 346 g/mol. The smallest absolute Gasteiger partial charge is 0.263 e. The first-order valence-electron chi connectivity index (χ1n) is 8.41. The molecule has 1 unspecified atom stereocenters. The van der Waals surface area contributed by atoms with Crippen molar-refractivity contribution in [1.29, 1.82) is 0 Å². The van der Waals surface area contributed by atoms with Crippen LogP contribution in [0.2, 0.25) is 0 Å². The number of nitrogens with zero attached hydrogens (tertiary/aromatic N) is 1. The molecule has 0 saturated heterocycles. The van der Waals surface area contributed by atoms with Crippen LogP contribution in [0.4, 0.5) is 0 Å². The number of thiazole rings is 1. The highest BCUT2D eigenvalue weighted by Gasteiger charge is 2.18. The van der Waals surface area contributed by atoms with Gasteiger partial charge in [-0.1, -0.05) is 44.2 Å². The Morgan fingerprint density at radius 3 is 2.62 bits per heavy atom. The normalized spacial score (nSPS) is 12.4. The fraction of sp³-hybridized carbons (Fsp3) is 0.474. The van der Waals surface area contributed by atoms with E-state index in [0.717, 1.165) is 22.7 Å². The zero-order valence-corrected chi connectivity index (χ0v) is 15.4. The van der Waals surface area contributed by atoms with E-state index in [4.69, 9.17) is 0 Å². The Bertz CT molecular complexity index is 653. The van der Waals surface area contributed by atoms with Crippen molar-refractivity contribution in [2.24, 2.45) is 5.92 Å². The third-order valence-electron chi connectivity index (χ3n) is 3.89. The van der Waals surface area contributed by atoms with Crippen LogP contribution in [-0.2, 0) is 6.42 Å². The molecule has 2 N–H and O–H groups in total. The molecule has 1 aromatic heterocycles. The van der Waals surface area contributed by atoms with Crippen LogP contribution >= 0.6 is 11.3 Å². The number of carbonyl (C=O) groups excluding carboxylic acids is 1. The van der Waals surface area contributed by atoms with Crippen molar-refractivity contribution in [3.63, 3.8) is 0 Å². The van der Waals surface area contributed by atoms with Gasteiger partial charge in [0.1, 0.15) is 4.88 Å². The number of aromatic nitrogens is 1. The van der Waals surface area contributed by atoms with E-state index in [-0.39, 0.29) is 18.4 Å². The predicted octanol–water partition coefficient (Wildman–Crippen LogP) is 3.55. The maximum atomic E-state index is 12.5. The Kier molecular flexibility index (Phi) is 6.94. The van der Waals surface area contributed by atoms with Gasteiger partial charge in [0.2, 0.25) is 0 Å². The van der Waals surface area contributed by atoms with Crippen LogP contribution in [0.3, 0.4) is 0 Å². The van der Waals surface area contributed by atoms with Crippen molar-refractivity contribution in [3.8, 4) is 0 Å². The summed E-state index contributed by atoms with van der Waals surface area (Å²) >= 11 is 1.48. The van der Waals surface area contributed by atoms with Gasteiger partial charge in [0.05, 0.1) is 10.7 Å². The van der Waals surface area contributed by atoms with Crippen LogP contribution in [0.1, 0.15) is 52.1 Å². The molecule has 2 rings (SSSR count). The molecular formula is C19H26N2O2S. The third-order valence-corrected chi connectivity index (χ3v) is 5.07. The van der Waals surface area contributed by atoms with Gasteiger partial charge in [0, 0.05) is 25.5 Å². The number of aryl methyl sites for hydroxylation is 1. The van der Waals surface area contributed by atoms with Crippen molar-refractivity contribution in [2.45, 2.75) is 39.5 Å². The van der Waals surface area contributed by atoms with Gasteiger partial charge in [-0.2, -0.15) is 0 Å². The topological polar surface area (TPSA) is 62.2 Å². The van der Waals surface area contributed by atoms with Gasteiger partial charge in [-0.3, -0.25) is 4.79 Å². The van der Waals surface area contributed by atoms with Crippen molar-refractivity contribution in [1.82, 2.24) is 10.3 Å². The molecular weight excluding hydrogens is 320 g/mol. The maximum Gasteiger partial charge on any atom is 0.263 e. The Morgan fingerprint density at radius 1 is 1.29 bits per heavy atom. The summed E-state index contributed by atoms with van der Waals surface area (Å²) in [5, 5.41) is 13.3. The van der Waals surface area contributed by atoms with Crippen LogP contribution < -0.4 is 5.32 Å². The van der Waals surface area contributed by atoms with Gasteiger partial charge in [0.25, 0.3) is 5.91 Å². The Labute approximate surface area is 148 Å². The lowest BCUT2D eigenvalue weighted by molar-refractivity contribution is 0.0952. The summed E-state index contributed by atoms with van der Waals surface area (Å²) in [6.07, 6.45) is 1.53. The number of amides is 1. The molecule has 0 saturated carbocycles. The highest BCUT2D eigenvalue weighted by atomic mass is 32.1. The highest BCUT2D eigenvalue weighted by Crippen LogP contribution is 2.22. The van der Waals surface area contributed by atoms with Gasteiger partial charge >= 0.3 is 0 Å². The third kappa shape index (κ3) is 5.14. The molecule has 24 heavy (non-hydrogen) atoms. The molecule has 2 aromatic rings. The SMILES string of the molecule is Cc1nc(CC(C)C)sc1C(=O)NCC(CCO)c1ccccc1. The van der Waals surface area contributed by atoms with E-state index in [9.17, 15) is 9.90 Å². The van der Waals surface area contributed by atoms with Crippen molar-refractivity contribution in [3.05, 3.63) is 51.5 Å². The second-order valence-electron chi connectivity index (χ2n) is 6.45. The van der Waals surface area contributed by atoms with Crippen LogP contribution in [0.25, 0.3) is 0 Å². The van der Waals surface area contributed by atoms with E-state index in [1.165, 1.54) is 11.3 Å². The number of benzene rings is 1. The summed E-state index contributed by atoms with van der Waals surface area (Å²) < 4.78 is 0. The van der Waals surface area contributed by atoms with E-state index >= 15 is 0 Å². The summed E-state index contributed by atoms with van der Waals surface area (Å²) in [6.45, 7) is 6.80. The molecule has 1 amide bonds. The Hall–Kier alpha value is -1.72. The molecule has 0 radical (unpaired) electrons. The van der Waals surface area contributed by atoms with Gasteiger partial charge in [0.15, 0.2) is 0 Å². The van der Waals surface area contributed by atoms with Crippen LogP contribution in [0.5, 0.6) is 0 Å². The summed E-state index contributed by atoms with van der Waals surface area (Å²) in [6, 6.07) is 9.99. The summed E-state index contributed by atoms with van der Waals surface area (Å²) in [5.74, 6) is 0.570. The number of hydrogen-bond donors (Lipinski definition) is 2. The van der Waals surface area contributed by atoms with E-state index in [2.05, 4.69) is 24.1 Å². The molecule has 4 nitrogen and oxygen atoms in total. The summed E-state index contributed by atoms with van der Waals surface area (Å²) in [7, 11) is 0. The second kappa shape index (κ2) is 8.94. The lowest BCUT2D eigenvalue weighted by Gasteiger charge is -2.17. The van der Waals surface area contributed by atoms with Crippen LogP contribution in [0, 0.1) is 12.8 Å². The quantitative estimate of drug-likeness (QED) is 0.768. The lowest BCUT2D eigenvalue weighted by atomic mass is 9.96. The van der Waals surface area contributed by atoms with Crippen LogP contribution in [-0.4, -0.2) is 29.1 Å². The largest absolute Gasteiger partial charge is 0.396 e. The molecule has 1 heterocycles. The minimum Gasteiger partial charge on any atom is -0.396 e. The van der Waals surface area contributed by atoms with Gasteiger partial charge in [-0.15, -0.1) is 11.3 Å². The predicted molar refractivity (Wildman–Crippen MR) is 98.6 cm³/mol. The van der Waals surface area contributed by atoms with E-state index in [1.807, 2.05) is 37.3 Å². The minimum absolute atomic E-state index is 0.0705. The van der Waals surface area contributed by atoms with Crippen molar-refractivity contribution >= 4 is 17.2 Å². The van der Waals surface area contributed by atoms with E-state index in [1.54, 1.807) is 0 Å². The molecule has 0 aliphatic rings. The standard InChI is InChI=1S/C19H26N2O2S/c1-13(2)11-17-21-14(3)18(24-17)19(23)20-12-16(9-10-22)15-7-5-4-6-8-15/h4-8,13,16,22H,9-12H2,1-3H3,(H,20,23). The summed E-state index contributed by atoms with van der Waals surface area (Å²) in [4.78, 5) is 17.7. The highest BCUT2D eigenvalue weighted by molar-refractivity contribution is 7.13. The number of aliphatic hydroxyl groups is 1. The number of rotatable bonds is 8. The average Bonchev–Trinajstić information content (AvgIpc) is 2.91. The van der Waals surface area contributed by atoms with Crippen molar-refractivity contribution < 1.29 is 9.90 Å². The molecule has 0 aliphatic carbocycles. The molecule has 0 fully saturated rings. The molecule has 0 spiro atoms. The Balaban J connectivity index is 2.02. The fourth-order valence-electron chi connectivity index (χ4n) is 2.66. The molecule has 0 bridgehead atoms. The first-order chi connectivity index (χ1) is 11.5. The lowest BCUT2D eigenvalue weighted by Crippen LogP contribution is -2.28. The number of aliphatic hydroxyl groups excluding tert-OH is 1. The second-order valence-corrected chi connectivity index (χ2v) is 7.53. The van der Waals surface area contributed by atoms with Gasteiger partial charge in [-0.05, 0) is 24.8 Å². The Morgan fingerprint density at radius 2 is 2.00 bits per heavy atom. The van der Waals surface area contributed by atoms with Crippen LogP contribution in [0.15, 0.2) is 30.3 Å². The summed E-state index contributed by atoms with van der Waals surface area (Å²) in [5.41, 5.74) is 1.93. The number of hydrogen-bond acceptors (Lipinski definition) is 4. The first kappa shape index (κ1) is 18.6. The number of carbonyl (C=O) groups is 1. The molecule has 1 atom stereocenters. The minimum atomic E-state index is -0.0705. The zero-order chi connectivity index (χ0) is 17.5. The molecule has 130 valence electrons. The fourth-order valence-corrected chi connectivity index (χ4v) is 3.86. The molecule has 5 heteroatoms. The number of nitrogens with one attached hydrogen (secondary N) is 1. The molecule has 1 aromatic carbocycles. The maximum absolute atomic E-state index is 12.5. The van der Waals surface area contributed by atoms with Gasteiger partial charge < -0.3 is 10.4 Å². The monoisotopic (exact) mass is 346 g/mol. The van der Waals surface area contributed by atoms with E-state index in [0.29, 0.717) is 23.8 Å². The van der Waals surface area contributed by atoms with Gasteiger partial charge in [-0.25, -0.2) is 4.98 Å². The zero-order valence-electron chi connectivity index (χ0n) is 14.6. The molecule has 0 aliphatic heterocycles. The van der Waals surface area contributed by atoms with E-state index < -0.39 is 0 Å². The van der Waals surface area contributed by atoms with Crippen molar-refractivity contribution in [2.75, 3.05) is 13.2 Å².